The van der Waals surface area contributed by atoms with Gasteiger partial charge >= 0.3 is 53.8 Å². The first kappa shape index (κ1) is 71.8. The number of rotatable bonds is 7. The number of aliphatic hydroxyl groups is 1. The van der Waals surface area contributed by atoms with Gasteiger partial charge in [0.05, 0.1) is 49.8 Å². The van der Waals surface area contributed by atoms with E-state index in [-0.39, 0.29) is 41.0 Å². The Balaban J connectivity index is 0.000000171. The summed E-state index contributed by atoms with van der Waals surface area (Å²) in [4.78, 5) is 67.9. The van der Waals surface area contributed by atoms with E-state index in [4.69, 9.17) is 28.4 Å². The lowest BCUT2D eigenvalue weighted by Gasteiger charge is -2.59. The van der Waals surface area contributed by atoms with Gasteiger partial charge in [0.2, 0.25) is 0 Å². The minimum atomic E-state index is -5.79. The Morgan fingerprint density at radius 1 is 0.523 bits per heavy atom. The number of esters is 6. The molecule has 0 aromatic heterocycles. The molecule has 14 rings (SSSR count). The number of alkyl halides is 6. The molecule has 12 aliphatic carbocycles. The van der Waals surface area contributed by atoms with Gasteiger partial charge in [-0.25, -0.2) is 28.8 Å². The number of cyclic esters (lactones) is 2. The van der Waals surface area contributed by atoms with Crippen LogP contribution in [0.1, 0.15) is 177 Å². The molecule has 14 fully saturated rings. The van der Waals surface area contributed by atoms with E-state index < -0.39 is 65.9 Å². The number of hydrogen-bond donors (Lipinski definition) is 1. The van der Waals surface area contributed by atoms with E-state index in [1.54, 1.807) is 27.7 Å². The summed E-state index contributed by atoms with van der Waals surface area (Å²) in [6.07, 6.45) is 7.13. The van der Waals surface area contributed by atoms with Crippen LogP contribution < -0.4 is 0 Å². The Morgan fingerprint density at radius 3 is 1.32 bits per heavy atom. The average Bonchev–Trinajstić information content (AvgIpc) is 1.10. The fourth-order valence-corrected chi connectivity index (χ4v) is 15.9. The Hall–Kier alpha value is -5.28. The van der Waals surface area contributed by atoms with Crippen molar-refractivity contribution < 1.29 is 98.1 Å². The van der Waals surface area contributed by atoms with Gasteiger partial charge in [0.1, 0.15) is 22.4 Å². The summed E-state index contributed by atoms with van der Waals surface area (Å²) in [6.45, 7) is 35.5. The minimum Gasteiger partial charge on any atom is -0.462 e. The van der Waals surface area contributed by atoms with Crippen LogP contribution in [0.3, 0.4) is 0 Å². The van der Waals surface area contributed by atoms with Crippen LogP contribution in [0.5, 0.6) is 0 Å². The highest BCUT2D eigenvalue weighted by molar-refractivity contribution is 5.90. The molecule has 12 saturated carbocycles. The van der Waals surface area contributed by atoms with Crippen molar-refractivity contribution in [2.45, 2.75) is 223 Å². The third kappa shape index (κ3) is 18.2. The number of carbonyl (C=O) groups excluding carboxylic acids is 6. The van der Waals surface area contributed by atoms with Crippen LogP contribution in [-0.4, -0.2) is 120 Å². The maximum atomic E-state index is 12.6. The van der Waals surface area contributed by atoms with Gasteiger partial charge in [0.25, 0.3) is 0 Å². The fourth-order valence-electron chi connectivity index (χ4n) is 15.9. The fraction of sp³-hybridized carbons (Fsp3) is 0.731. The van der Waals surface area contributed by atoms with Crippen LogP contribution in [0.4, 0.5) is 26.3 Å². The highest BCUT2D eigenvalue weighted by atomic mass is 19.4. The molecule has 12 bridgehead atoms. The molecule has 0 spiro atoms. The molecular formula is C67H94F6O15. The summed E-state index contributed by atoms with van der Waals surface area (Å²) < 4.78 is 116. The van der Waals surface area contributed by atoms with Crippen molar-refractivity contribution in [2.24, 2.45) is 53.3 Å². The second-order valence-corrected chi connectivity index (χ2v) is 28.5. The summed E-state index contributed by atoms with van der Waals surface area (Å²) in [6, 6.07) is 0. The molecule has 1 N–H and O–H groups in total. The number of ether oxygens (including phenoxy) is 8. The van der Waals surface area contributed by atoms with Crippen LogP contribution in [0.15, 0.2) is 72.9 Å². The molecule has 2 unspecified atom stereocenters. The second kappa shape index (κ2) is 28.1. The van der Waals surface area contributed by atoms with Gasteiger partial charge in [0.15, 0.2) is 0 Å². The Morgan fingerprint density at radius 2 is 0.909 bits per heavy atom. The first-order chi connectivity index (χ1) is 40.6. The largest absolute Gasteiger partial charge is 0.462 e. The topological polar surface area (TPSA) is 196 Å². The number of carbonyl (C=O) groups is 6. The molecule has 88 heavy (non-hydrogen) atoms. The minimum absolute atomic E-state index is 0.106. The number of halogens is 6. The third-order valence-electron chi connectivity index (χ3n) is 19.0. The average molecular weight is 1250 g/mol. The SMILES string of the molecule is C=C(C)C(=O)OC(C)(C)C.C=C(C)C(=O)OC1(C)C2CC3CC(C2)CC1C3.C=C(C)C(=O)OC12CC3CC(CC(C3)C1)C2.C=C(C)C(=O)OC12CC3CC(CC(O)(C3)C1)C2.C=C1COCCC(C(F)(F)F)(C(F)(F)F)OC1=O.C=C1COCCCOC1=O. The van der Waals surface area contributed by atoms with E-state index in [0.29, 0.717) is 77.8 Å². The Kier molecular flexibility index (Phi) is 22.9. The highest BCUT2D eigenvalue weighted by Gasteiger charge is 2.74. The zero-order valence-corrected chi connectivity index (χ0v) is 52.8. The summed E-state index contributed by atoms with van der Waals surface area (Å²) in [5, 5.41) is 10.5. The Labute approximate surface area is 514 Å². The van der Waals surface area contributed by atoms with Gasteiger partial charge in [-0.2, -0.15) is 26.3 Å². The van der Waals surface area contributed by atoms with Gasteiger partial charge < -0.3 is 43.0 Å². The molecule has 0 aromatic carbocycles. The van der Waals surface area contributed by atoms with Crippen molar-refractivity contribution in [2.75, 3.05) is 33.0 Å². The van der Waals surface area contributed by atoms with Gasteiger partial charge in [-0.05, 0) is 211 Å². The summed E-state index contributed by atoms with van der Waals surface area (Å²) in [5.41, 5.74) is -4.48. The third-order valence-corrected chi connectivity index (χ3v) is 19.0. The molecule has 2 heterocycles. The highest BCUT2D eigenvalue weighted by Crippen LogP contribution is 2.61. The quantitative estimate of drug-likeness (QED) is 0.109. The van der Waals surface area contributed by atoms with Gasteiger partial charge in [-0.15, -0.1) is 0 Å². The van der Waals surface area contributed by atoms with Crippen LogP contribution in [-0.2, 0) is 66.7 Å². The van der Waals surface area contributed by atoms with Crippen molar-refractivity contribution in [1.29, 1.82) is 0 Å². The predicted molar refractivity (Wildman–Crippen MR) is 313 cm³/mol. The molecule has 494 valence electrons. The first-order valence-electron chi connectivity index (χ1n) is 30.9. The van der Waals surface area contributed by atoms with Crippen molar-refractivity contribution in [1.82, 2.24) is 0 Å². The molecule has 0 radical (unpaired) electrons. The maximum Gasteiger partial charge on any atom is 0.437 e. The smallest absolute Gasteiger partial charge is 0.437 e. The van der Waals surface area contributed by atoms with Crippen LogP contribution in [0.25, 0.3) is 0 Å². The predicted octanol–water partition coefficient (Wildman–Crippen LogP) is 13.4. The van der Waals surface area contributed by atoms with E-state index in [1.165, 1.54) is 57.8 Å². The standard InChI is InChI=1S/C15H22O2.C14H20O3.C14H20O2.C9H8F6O3.C8H14O2.C7H10O3/c1-9(2)14(16)17-15(3)12-5-10-4-11(7-12)8-13(15)6-10;1-9(2)12(15)17-14-6-10-3-11(7-14)5-13(16,4-10)8-14;1-9(2)13(15)16-14-6-10-3-11(7-14)5-12(4-10)8-14;1-5-4-17-3-2-7(8(10,11)12,9(13,14)15)18-6(5)16;1-6(2)7(9)10-8(3,4)5;1-6-5-9-3-2-4-10-7(6)8/h10-13H,1,4-8H2,2-3H3;10-11,16H,1,3-8H2,2H3;10-12H,1,3-8H2,2H3;1-4H2;1H2,2-5H3;1-5H2. The zero-order chi connectivity index (χ0) is 65.8. The molecule has 2 atom stereocenters. The monoisotopic (exact) mass is 1250 g/mol. The van der Waals surface area contributed by atoms with Gasteiger partial charge in [-0.1, -0.05) is 39.5 Å². The molecular weight excluding hydrogens is 1160 g/mol. The number of hydrogen-bond acceptors (Lipinski definition) is 15. The first-order valence-corrected chi connectivity index (χ1v) is 30.9. The van der Waals surface area contributed by atoms with E-state index in [0.717, 1.165) is 81.0 Å². The van der Waals surface area contributed by atoms with Crippen LogP contribution in [0.2, 0.25) is 0 Å². The van der Waals surface area contributed by atoms with Crippen molar-refractivity contribution in [3.8, 4) is 0 Å². The van der Waals surface area contributed by atoms with E-state index in [1.807, 2.05) is 20.8 Å². The van der Waals surface area contributed by atoms with Crippen LogP contribution >= 0.6 is 0 Å². The summed E-state index contributed by atoms with van der Waals surface area (Å²) >= 11 is 0. The van der Waals surface area contributed by atoms with Gasteiger partial charge in [-0.3, -0.25) is 0 Å². The Bertz CT molecular complexity index is 2570. The summed E-state index contributed by atoms with van der Waals surface area (Å²) in [7, 11) is 0. The zero-order valence-electron chi connectivity index (χ0n) is 52.8. The van der Waals surface area contributed by atoms with E-state index in [9.17, 15) is 60.2 Å². The molecule has 2 saturated heterocycles. The molecule has 0 aromatic rings. The normalized spacial score (nSPS) is 34.4. The van der Waals surface area contributed by atoms with Crippen molar-refractivity contribution >= 4 is 35.8 Å². The lowest BCUT2D eigenvalue weighted by molar-refractivity contribution is -0.373. The van der Waals surface area contributed by atoms with E-state index in [2.05, 4.69) is 55.9 Å². The van der Waals surface area contributed by atoms with Gasteiger partial charge in [0, 0.05) is 41.6 Å². The van der Waals surface area contributed by atoms with Crippen LogP contribution in [0, 0.1) is 53.3 Å². The summed E-state index contributed by atoms with van der Waals surface area (Å²) in [5.74, 6) is 3.47. The molecule has 21 heteroatoms. The molecule has 2 aliphatic heterocycles. The second-order valence-electron chi connectivity index (χ2n) is 28.5. The molecule has 0 amide bonds. The lowest BCUT2D eigenvalue weighted by atomic mass is 9.50. The van der Waals surface area contributed by atoms with E-state index >= 15 is 0 Å². The maximum absolute atomic E-state index is 12.6. The lowest BCUT2D eigenvalue weighted by Crippen LogP contribution is -2.60. The van der Waals surface area contributed by atoms with Crippen molar-refractivity contribution in [3.05, 3.63) is 72.9 Å². The van der Waals surface area contributed by atoms with Crippen molar-refractivity contribution in [3.63, 3.8) is 0 Å². The molecule has 14 aliphatic rings. The molecule has 15 nitrogen and oxygen atoms in total.